The standard InChI is InChI=1S/C44H42O8/c1-4-11-35-29-40(20-21-41(35)52-44(48)37-16-14-31-24-30(25-38(45)5-2)12-13-32(31)26-37)51-43(47)36-17-15-34-28-39(19-18-33(34)27-36)49-22-9-7-8-10-23-50-42(46)6-3/h5-6,12-21,24,26-29H,2-4,7-11,22-23,25H2,1H3. The molecule has 0 aliphatic rings. The number of allylic oxidation sites excluding steroid dienone is 1. The third-order valence-electron chi connectivity index (χ3n) is 8.48. The van der Waals surface area contributed by atoms with E-state index in [9.17, 15) is 19.2 Å². The van der Waals surface area contributed by atoms with Crippen molar-refractivity contribution >= 4 is 45.2 Å². The number of ether oxygens (including phenoxy) is 4. The fraction of sp³-hybridized carbons (Fsp3) is 0.227. The summed E-state index contributed by atoms with van der Waals surface area (Å²) in [6, 6.07) is 27.1. The number of hydrogen-bond donors (Lipinski definition) is 0. The van der Waals surface area contributed by atoms with Gasteiger partial charge in [-0.25, -0.2) is 14.4 Å². The number of esters is 3. The molecule has 8 nitrogen and oxygen atoms in total. The highest BCUT2D eigenvalue weighted by atomic mass is 16.5. The lowest BCUT2D eigenvalue weighted by Gasteiger charge is -2.13. The number of carbonyl (C=O) groups excluding carboxylic acids is 4. The molecule has 0 aliphatic carbocycles. The van der Waals surface area contributed by atoms with Crippen LogP contribution in [-0.4, -0.2) is 36.9 Å². The van der Waals surface area contributed by atoms with E-state index in [0.717, 1.165) is 70.5 Å². The van der Waals surface area contributed by atoms with Crippen LogP contribution in [0.2, 0.25) is 0 Å². The maximum atomic E-state index is 13.2. The van der Waals surface area contributed by atoms with Gasteiger partial charge in [-0.05, 0) is 125 Å². The second-order valence-corrected chi connectivity index (χ2v) is 12.4. The number of rotatable bonds is 18. The van der Waals surface area contributed by atoms with Gasteiger partial charge in [-0.3, -0.25) is 4.79 Å². The molecule has 0 aliphatic heterocycles. The first kappa shape index (κ1) is 37.2. The summed E-state index contributed by atoms with van der Waals surface area (Å²) in [6.07, 6.45) is 7.76. The minimum Gasteiger partial charge on any atom is -0.494 e. The van der Waals surface area contributed by atoms with Crippen LogP contribution in [0.25, 0.3) is 21.5 Å². The molecule has 5 aromatic carbocycles. The monoisotopic (exact) mass is 698 g/mol. The molecule has 0 saturated carbocycles. The van der Waals surface area contributed by atoms with Crippen LogP contribution in [0.4, 0.5) is 0 Å². The van der Waals surface area contributed by atoms with Crippen molar-refractivity contribution in [3.8, 4) is 17.2 Å². The first-order valence-electron chi connectivity index (χ1n) is 17.5. The number of carbonyl (C=O) groups is 4. The lowest BCUT2D eigenvalue weighted by atomic mass is 10.0. The van der Waals surface area contributed by atoms with Crippen LogP contribution in [0.5, 0.6) is 17.2 Å². The molecule has 5 rings (SSSR count). The van der Waals surface area contributed by atoms with Gasteiger partial charge in [0.05, 0.1) is 24.3 Å². The van der Waals surface area contributed by atoms with Crippen molar-refractivity contribution in [3.05, 3.63) is 139 Å². The van der Waals surface area contributed by atoms with Crippen molar-refractivity contribution in [1.82, 2.24) is 0 Å². The second kappa shape index (κ2) is 18.3. The molecule has 0 fully saturated rings. The molecule has 0 amide bonds. The predicted octanol–water partition coefficient (Wildman–Crippen LogP) is 9.35. The summed E-state index contributed by atoms with van der Waals surface area (Å²) >= 11 is 0. The minimum absolute atomic E-state index is 0.0547. The highest BCUT2D eigenvalue weighted by Crippen LogP contribution is 2.29. The molecule has 8 heteroatoms. The Kier molecular flexibility index (Phi) is 13.1. The van der Waals surface area contributed by atoms with E-state index < -0.39 is 17.9 Å². The molecule has 0 aromatic heterocycles. The molecule has 0 radical (unpaired) electrons. The SMILES string of the molecule is C=CC(=O)Cc1ccc2cc(C(=O)Oc3ccc(OC(=O)c4ccc5cc(OCCCCCCOC(=O)C=C)ccc5c4)cc3CCC)ccc2c1. The van der Waals surface area contributed by atoms with Gasteiger partial charge in [0.15, 0.2) is 5.78 Å². The van der Waals surface area contributed by atoms with Crippen LogP contribution >= 0.6 is 0 Å². The molecule has 266 valence electrons. The molecule has 0 bridgehead atoms. The Morgan fingerprint density at radius 3 is 1.92 bits per heavy atom. The Bertz CT molecular complexity index is 2110. The third-order valence-corrected chi connectivity index (χ3v) is 8.48. The summed E-state index contributed by atoms with van der Waals surface area (Å²) in [7, 11) is 0. The smallest absolute Gasteiger partial charge is 0.343 e. The molecule has 0 saturated heterocycles. The van der Waals surface area contributed by atoms with Gasteiger partial charge >= 0.3 is 17.9 Å². The average Bonchev–Trinajstić information content (AvgIpc) is 3.16. The molecule has 5 aromatic rings. The summed E-state index contributed by atoms with van der Waals surface area (Å²) in [4.78, 5) is 49.2. The quantitative estimate of drug-likeness (QED) is 0.0386. The van der Waals surface area contributed by atoms with Gasteiger partial charge in [-0.1, -0.05) is 62.9 Å². The average molecular weight is 699 g/mol. The Morgan fingerprint density at radius 2 is 1.23 bits per heavy atom. The zero-order valence-electron chi connectivity index (χ0n) is 29.4. The predicted molar refractivity (Wildman–Crippen MR) is 202 cm³/mol. The van der Waals surface area contributed by atoms with Crippen LogP contribution in [0, 0.1) is 0 Å². The lowest BCUT2D eigenvalue weighted by Crippen LogP contribution is -2.11. The van der Waals surface area contributed by atoms with Crippen molar-refractivity contribution in [1.29, 1.82) is 0 Å². The summed E-state index contributed by atoms with van der Waals surface area (Å²) < 4.78 is 22.5. The van der Waals surface area contributed by atoms with Gasteiger partial charge in [-0.15, -0.1) is 0 Å². The van der Waals surface area contributed by atoms with Crippen LogP contribution in [0.15, 0.2) is 116 Å². The second-order valence-electron chi connectivity index (χ2n) is 12.4. The van der Waals surface area contributed by atoms with Crippen molar-refractivity contribution < 1.29 is 38.1 Å². The number of hydrogen-bond acceptors (Lipinski definition) is 8. The van der Waals surface area contributed by atoms with E-state index in [4.69, 9.17) is 18.9 Å². The Hall–Kier alpha value is -6.02. The maximum absolute atomic E-state index is 13.2. The van der Waals surface area contributed by atoms with Crippen LogP contribution in [-0.2, 0) is 27.2 Å². The normalized spacial score (nSPS) is 10.8. The first-order chi connectivity index (χ1) is 25.3. The van der Waals surface area contributed by atoms with Gasteiger partial charge < -0.3 is 18.9 Å². The first-order valence-corrected chi connectivity index (χ1v) is 17.5. The Labute approximate surface area is 303 Å². The fourth-order valence-electron chi connectivity index (χ4n) is 5.73. The Morgan fingerprint density at radius 1 is 0.615 bits per heavy atom. The molecule has 0 N–H and O–H groups in total. The van der Waals surface area contributed by atoms with Crippen molar-refractivity contribution in [2.75, 3.05) is 13.2 Å². The maximum Gasteiger partial charge on any atom is 0.343 e. The van der Waals surface area contributed by atoms with E-state index in [1.165, 1.54) is 12.2 Å². The molecule has 0 unspecified atom stereocenters. The number of benzene rings is 5. The summed E-state index contributed by atoms with van der Waals surface area (Å²) in [5, 5.41) is 3.58. The van der Waals surface area contributed by atoms with E-state index in [2.05, 4.69) is 13.2 Å². The van der Waals surface area contributed by atoms with E-state index in [0.29, 0.717) is 42.3 Å². The lowest BCUT2D eigenvalue weighted by molar-refractivity contribution is -0.137. The molecule has 0 atom stereocenters. The highest BCUT2D eigenvalue weighted by Gasteiger charge is 2.16. The van der Waals surface area contributed by atoms with Crippen LogP contribution in [0.1, 0.15) is 70.9 Å². The van der Waals surface area contributed by atoms with Gasteiger partial charge in [0.25, 0.3) is 0 Å². The van der Waals surface area contributed by atoms with E-state index in [1.807, 2.05) is 55.5 Å². The largest absolute Gasteiger partial charge is 0.494 e. The zero-order valence-corrected chi connectivity index (χ0v) is 29.4. The number of unbranched alkanes of at least 4 members (excludes halogenated alkanes) is 3. The molecular formula is C44H42O8. The van der Waals surface area contributed by atoms with E-state index in [-0.39, 0.29) is 12.2 Å². The number of fused-ring (bicyclic) bond motifs is 2. The fourth-order valence-corrected chi connectivity index (χ4v) is 5.73. The number of ketones is 1. The minimum atomic E-state index is -0.500. The highest BCUT2D eigenvalue weighted by molar-refractivity contribution is 5.98. The van der Waals surface area contributed by atoms with Gasteiger partial charge in [0, 0.05) is 12.5 Å². The van der Waals surface area contributed by atoms with Crippen molar-refractivity contribution in [2.24, 2.45) is 0 Å². The van der Waals surface area contributed by atoms with Crippen LogP contribution < -0.4 is 14.2 Å². The number of aryl methyl sites for hydroxylation is 1. The van der Waals surface area contributed by atoms with Gasteiger partial charge in [0.1, 0.15) is 17.2 Å². The zero-order chi connectivity index (χ0) is 36.9. The molecule has 52 heavy (non-hydrogen) atoms. The van der Waals surface area contributed by atoms with Gasteiger partial charge in [-0.2, -0.15) is 0 Å². The Balaban J connectivity index is 1.17. The van der Waals surface area contributed by atoms with Crippen molar-refractivity contribution in [2.45, 2.75) is 51.9 Å². The molecule has 0 spiro atoms. The molecule has 0 heterocycles. The van der Waals surface area contributed by atoms with Gasteiger partial charge in [0.2, 0.25) is 0 Å². The van der Waals surface area contributed by atoms with E-state index >= 15 is 0 Å². The van der Waals surface area contributed by atoms with E-state index in [1.54, 1.807) is 42.5 Å². The van der Waals surface area contributed by atoms with Crippen LogP contribution in [0.3, 0.4) is 0 Å². The van der Waals surface area contributed by atoms with Crippen molar-refractivity contribution in [3.63, 3.8) is 0 Å². The topological polar surface area (TPSA) is 105 Å². The third kappa shape index (κ3) is 10.3. The summed E-state index contributed by atoms with van der Waals surface area (Å²) in [5.74, 6) is 0.0574. The summed E-state index contributed by atoms with van der Waals surface area (Å²) in [6.45, 7) is 9.90. The molecular weight excluding hydrogens is 656 g/mol. The summed E-state index contributed by atoms with van der Waals surface area (Å²) in [5.41, 5.74) is 2.43.